The molecule has 0 aromatic heterocycles. The van der Waals surface area contributed by atoms with Crippen molar-refractivity contribution in [3.8, 4) is 17.6 Å². The van der Waals surface area contributed by atoms with Gasteiger partial charge < -0.3 is 9.84 Å². The quantitative estimate of drug-likeness (QED) is 0.774. The van der Waals surface area contributed by atoms with Gasteiger partial charge in [0.15, 0.2) is 6.61 Å². The number of sulfonamides is 1. The lowest BCUT2D eigenvalue weighted by Gasteiger charge is -2.03. The van der Waals surface area contributed by atoms with Gasteiger partial charge in [-0.05, 0) is 30.3 Å². The van der Waals surface area contributed by atoms with Crippen molar-refractivity contribution in [2.45, 2.75) is 4.90 Å². The van der Waals surface area contributed by atoms with Crippen LogP contribution in [0.25, 0.3) is 0 Å². The van der Waals surface area contributed by atoms with Crippen molar-refractivity contribution in [2.75, 3.05) is 13.2 Å². The number of carboxylic acids is 1. The lowest BCUT2D eigenvalue weighted by molar-refractivity contribution is -0.139. The Hall–Kier alpha value is -2.82. The van der Waals surface area contributed by atoms with Crippen LogP contribution in [0.1, 0.15) is 5.56 Å². The van der Waals surface area contributed by atoms with Gasteiger partial charge in [0, 0.05) is 5.56 Å². The van der Waals surface area contributed by atoms with E-state index in [1.807, 2.05) is 0 Å². The van der Waals surface area contributed by atoms with Gasteiger partial charge in [-0.2, -0.15) is 4.72 Å². The lowest BCUT2D eigenvalue weighted by atomic mass is 10.2. The number of hydrogen-bond donors (Lipinski definition) is 2. The Balaban J connectivity index is 1.96. The molecule has 24 heavy (non-hydrogen) atoms. The van der Waals surface area contributed by atoms with Gasteiger partial charge in [-0.3, -0.25) is 0 Å². The predicted octanol–water partition coefficient (Wildman–Crippen LogP) is 1.48. The number of ether oxygens (including phenoxy) is 1. The van der Waals surface area contributed by atoms with Crippen LogP contribution in [0, 0.1) is 11.8 Å². The minimum atomic E-state index is -3.58. The van der Waals surface area contributed by atoms with E-state index in [1.54, 1.807) is 42.5 Å². The second-order valence-electron chi connectivity index (χ2n) is 4.65. The molecule has 0 amide bonds. The van der Waals surface area contributed by atoms with Gasteiger partial charge in [0.1, 0.15) is 5.75 Å². The van der Waals surface area contributed by atoms with Crippen LogP contribution in [-0.4, -0.2) is 32.6 Å². The third-order valence-corrected chi connectivity index (χ3v) is 4.25. The maximum absolute atomic E-state index is 12.0. The first-order valence-electron chi connectivity index (χ1n) is 6.95. The summed E-state index contributed by atoms with van der Waals surface area (Å²) in [5, 5.41) is 8.57. The Bertz CT molecular complexity index is 867. The molecular formula is C17H15NO5S. The highest BCUT2D eigenvalue weighted by molar-refractivity contribution is 7.89. The molecule has 0 bridgehead atoms. The molecule has 0 atom stereocenters. The van der Waals surface area contributed by atoms with Crippen LogP contribution < -0.4 is 9.46 Å². The minimum Gasteiger partial charge on any atom is -0.482 e. The molecule has 6 nitrogen and oxygen atoms in total. The highest BCUT2D eigenvalue weighted by Crippen LogP contribution is 2.12. The molecule has 0 saturated heterocycles. The molecular weight excluding hydrogens is 330 g/mol. The largest absolute Gasteiger partial charge is 0.482 e. The summed E-state index contributed by atoms with van der Waals surface area (Å²) in [5.74, 6) is 4.82. The second kappa shape index (κ2) is 8.15. The molecule has 0 aliphatic rings. The van der Waals surface area contributed by atoms with Crippen LogP contribution in [-0.2, 0) is 14.8 Å². The predicted molar refractivity (Wildman–Crippen MR) is 88.1 cm³/mol. The van der Waals surface area contributed by atoms with E-state index in [1.165, 1.54) is 12.1 Å². The first kappa shape index (κ1) is 17.5. The number of carboxylic acid groups (broad SMARTS) is 1. The van der Waals surface area contributed by atoms with Gasteiger partial charge >= 0.3 is 5.97 Å². The molecule has 0 spiro atoms. The highest BCUT2D eigenvalue weighted by Gasteiger charge is 2.11. The molecule has 0 aliphatic carbocycles. The number of rotatable bonds is 6. The van der Waals surface area contributed by atoms with Crippen LogP contribution in [0.4, 0.5) is 0 Å². The Labute approximate surface area is 140 Å². The van der Waals surface area contributed by atoms with Crippen molar-refractivity contribution in [3.05, 3.63) is 60.2 Å². The minimum absolute atomic E-state index is 0.0442. The molecule has 0 unspecified atom stereocenters. The molecule has 2 aromatic rings. The third kappa shape index (κ3) is 5.43. The van der Waals surface area contributed by atoms with Gasteiger partial charge in [0.2, 0.25) is 10.0 Å². The Morgan fingerprint density at radius 1 is 1.12 bits per heavy atom. The molecule has 2 aromatic carbocycles. The van der Waals surface area contributed by atoms with Crippen molar-refractivity contribution in [3.63, 3.8) is 0 Å². The van der Waals surface area contributed by atoms with E-state index < -0.39 is 22.6 Å². The number of benzene rings is 2. The number of hydrogen-bond acceptors (Lipinski definition) is 4. The van der Waals surface area contributed by atoms with E-state index in [2.05, 4.69) is 16.6 Å². The van der Waals surface area contributed by atoms with Crippen molar-refractivity contribution in [2.24, 2.45) is 0 Å². The van der Waals surface area contributed by atoms with Crippen LogP contribution in [0.3, 0.4) is 0 Å². The zero-order valence-electron chi connectivity index (χ0n) is 12.6. The van der Waals surface area contributed by atoms with Crippen LogP contribution >= 0.6 is 0 Å². The summed E-state index contributed by atoms with van der Waals surface area (Å²) in [4.78, 5) is 10.6. The second-order valence-corrected chi connectivity index (χ2v) is 6.42. The molecule has 2 N–H and O–H groups in total. The van der Waals surface area contributed by atoms with E-state index in [-0.39, 0.29) is 11.4 Å². The fourth-order valence-electron chi connectivity index (χ4n) is 1.77. The summed E-state index contributed by atoms with van der Waals surface area (Å²) in [5.41, 5.74) is 0.594. The standard InChI is InChI=1S/C17H15NO5S/c19-17(20)13-23-15-8-4-6-14(12-15)7-5-11-18-24(21,22)16-9-2-1-3-10-16/h1-4,6,8-10,12,18H,11,13H2,(H,19,20). The maximum atomic E-state index is 12.0. The third-order valence-electron chi connectivity index (χ3n) is 2.83. The molecule has 0 aliphatic heterocycles. The van der Waals surface area contributed by atoms with Crippen molar-refractivity contribution < 1.29 is 23.1 Å². The average molecular weight is 345 g/mol. The Morgan fingerprint density at radius 3 is 2.58 bits per heavy atom. The summed E-state index contributed by atoms with van der Waals surface area (Å²) in [7, 11) is -3.58. The van der Waals surface area contributed by atoms with Gasteiger partial charge in [-0.1, -0.05) is 36.1 Å². The molecule has 2 rings (SSSR count). The van der Waals surface area contributed by atoms with Crippen molar-refractivity contribution in [1.82, 2.24) is 4.72 Å². The fraction of sp³-hybridized carbons (Fsp3) is 0.118. The smallest absolute Gasteiger partial charge is 0.341 e. The van der Waals surface area contributed by atoms with Crippen molar-refractivity contribution in [1.29, 1.82) is 0 Å². The molecule has 0 heterocycles. The average Bonchev–Trinajstić information content (AvgIpc) is 2.58. The highest BCUT2D eigenvalue weighted by atomic mass is 32.2. The topological polar surface area (TPSA) is 92.7 Å². The SMILES string of the molecule is O=C(O)COc1cccc(C#CCNS(=O)(=O)c2ccccc2)c1. The van der Waals surface area contributed by atoms with E-state index in [0.29, 0.717) is 11.3 Å². The first-order valence-corrected chi connectivity index (χ1v) is 8.44. The zero-order chi connectivity index (χ0) is 17.4. The van der Waals surface area contributed by atoms with E-state index in [4.69, 9.17) is 9.84 Å². The summed E-state index contributed by atoms with van der Waals surface area (Å²) < 4.78 is 31.4. The van der Waals surface area contributed by atoms with Gasteiger partial charge in [0.25, 0.3) is 0 Å². The number of nitrogens with one attached hydrogen (secondary N) is 1. The molecule has 0 radical (unpaired) electrons. The first-order chi connectivity index (χ1) is 11.5. The fourth-order valence-corrected chi connectivity index (χ4v) is 2.71. The van der Waals surface area contributed by atoms with Crippen LogP contribution in [0.2, 0.25) is 0 Å². The van der Waals surface area contributed by atoms with Crippen LogP contribution in [0.5, 0.6) is 5.75 Å². The Kier molecular flexibility index (Phi) is 5.95. The molecule has 7 heteroatoms. The van der Waals surface area contributed by atoms with Gasteiger partial charge in [-0.15, -0.1) is 0 Å². The maximum Gasteiger partial charge on any atom is 0.341 e. The summed E-state index contributed by atoms with van der Waals surface area (Å²) in [6.45, 7) is -0.481. The Morgan fingerprint density at radius 2 is 1.88 bits per heavy atom. The number of aliphatic carboxylic acids is 1. The van der Waals surface area contributed by atoms with E-state index in [9.17, 15) is 13.2 Å². The zero-order valence-corrected chi connectivity index (χ0v) is 13.4. The van der Waals surface area contributed by atoms with Crippen molar-refractivity contribution >= 4 is 16.0 Å². The summed E-state index contributed by atoms with van der Waals surface area (Å²) in [6, 6.07) is 14.6. The normalized spacial score (nSPS) is 10.5. The van der Waals surface area contributed by atoms with E-state index in [0.717, 1.165) is 0 Å². The summed E-state index contributed by atoms with van der Waals surface area (Å²) >= 11 is 0. The molecule has 0 fully saturated rings. The van der Waals surface area contributed by atoms with Gasteiger partial charge in [-0.25, -0.2) is 13.2 Å². The van der Waals surface area contributed by atoms with Gasteiger partial charge in [0.05, 0.1) is 11.4 Å². The summed E-state index contributed by atoms with van der Waals surface area (Å²) in [6.07, 6.45) is 0. The monoisotopic (exact) mass is 345 g/mol. The lowest BCUT2D eigenvalue weighted by Crippen LogP contribution is -2.23. The molecule has 124 valence electrons. The molecule has 0 saturated carbocycles. The van der Waals surface area contributed by atoms with E-state index >= 15 is 0 Å². The number of carbonyl (C=O) groups is 1. The van der Waals surface area contributed by atoms with Crippen LogP contribution in [0.15, 0.2) is 59.5 Å².